The Morgan fingerprint density at radius 2 is 2.00 bits per heavy atom. The van der Waals surface area contributed by atoms with Crippen molar-refractivity contribution in [2.45, 2.75) is 32.1 Å². The largest absolute Gasteiger partial charge is 0.448 e. The number of hydrogen-bond acceptors (Lipinski definition) is 5. The van der Waals surface area contributed by atoms with Gasteiger partial charge in [-0.2, -0.15) is 0 Å². The minimum absolute atomic E-state index is 0.200. The van der Waals surface area contributed by atoms with Crippen LogP contribution in [0.4, 0.5) is 4.79 Å². The van der Waals surface area contributed by atoms with Crippen molar-refractivity contribution >= 4 is 21.8 Å². The first-order valence-corrected chi connectivity index (χ1v) is 9.52. The molecule has 8 heteroatoms. The number of unbranched alkanes of at least 4 members (excludes halogenated alkanes) is 2. The smallest absolute Gasteiger partial charge is 0.407 e. The molecule has 24 heavy (non-hydrogen) atoms. The van der Waals surface area contributed by atoms with Crippen molar-refractivity contribution in [3.63, 3.8) is 0 Å². The molecule has 0 spiro atoms. The molecule has 0 radical (unpaired) electrons. The Balaban J connectivity index is 2.18. The lowest BCUT2D eigenvalue weighted by atomic mass is 10.2. The number of rotatable bonds is 10. The van der Waals surface area contributed by atoms with Gasteiger partial charge in [0.1, 0.15) is 6.61 Å². The highest BCUT2D eigenvalue weighted by atomic mass is 32.2. The molecule has 0 saturated heterocycles. The van der Waals surface area contributed by atoms with Gasteiger partial charge in [0.2, 0.25) is 5.91 Å². The van der Waals surface area contributed by atoms with Gasteiger partial charge in [0, 0.05) is 13.0 Å². The van der Waals surface area contributed by atoms with E-state index in [4.69, 9.17) is 10.5 Å². The van der Waals surface area contributed by atoms with Gasteiger partial charge in [-0.05, 0) is 25.3 Å². The van der Waals surface area contributed by atoms with Crippen LogP contribution in [0.25, 0.3) is 0 Å². The number of sulfone groups is 1. The van der Waals surface area contributed by atoms with Gasteiger partial charge in [0.05, 0.1) is 10.7 Å². The lowest BCUT2D eigenvalue weighted by molar-refractivity contribution is -0.118. The van der Waals surface area contributed by atoms with Crippen molar-refractivity contribution in [1.82, 2.24) is 5.32 Å². The van der Waals surface area contributed by atoms with Crippen molar-refractivity contribution in [2.75, 3.05) is 18.9 Å². The summed E-state index contributed by atoms with van der Waals surface area (Å²) in [5, 5.41) is 2.54. The number of primary amides is 1. The standard InChI is InChI=1S/C16H24N2O5S/c17-15(19)10-6-3-7-11-18-16(20)23-12-13-24(21,22)14-8-4-1-2-5-9-14/h1-2,4,8-9H,3,5-7,10-13H2,(H2,17,19)(H,18,20). The number of carbonyl (C=O) groups is 2. The molecule has 0 aromatic heterocycles. The quantitative estimate of drug-likeness (QED) is 0.577. The molecule has 134 valence electrons. The van der Waals surface area contributed by atoms with Crippen LogP contribution in [0, 0.1) is 0 Å². The van der Waals surface area contributed by atoms with E-state index in [2.05, 4.69) is 5.32 Å². The SMILES string of the molecule is NC(=O)CCCCCNC(=O)OCCS(=O)(=O)C1=CCC=CC=C1. The second-order valence-corrected chi connectivity index (χ2v) is 7.40. The second-order valence-electron chi connectivity index (χ2n) is 5.29. The molecule has 1 rings (SSSR count). The summed E-state index contributed by atoms with van der Waals surface area (Å²) in [5.74, 6) is -0.590. The van der Waals surface area contributed by atoms with Crippen molar-refractivity contribution in [1.29, 1.82) is 0 Å². The summed E-state index contributed by atoms with van der Waals surface area (Å²) in [4.78, 5) is 22.2. The Morgan fingerprint density at radius 1 is 1.21 bits per heavy atom. The maximum Gasteiger partial charge on any atom is 0.407 e. The van der Waals surface area contributed by atoms with Crippen molar-refractivity contribution in [2.24, 2.45) is 5.73 Å². The molecule has 0 fully saturated rings. The summed E-state index contributed by atoms with van der Waals surface area (Å²) in [6.07, 6.45) is 10.9. The zero-order chi connectivity index (χ0) is 17.8. The lowest BCUT2D eigenvalue weighted by Gasteiger charge is -2.08. The summed E-state index contributed by atoms with van der Waals surface area (Å²) in [5.41, 5.74) is 5.02. The van der Waals surface area contributed by atoms with Crippen LogP contribution >= 0.6 is 0 Å². The van der Waals surface area contributed by atoms with Crippen LogP contribution in [0.2, 0.25) is 0 Å². The van der Waals surface area contributed by atoms with E-state index < -0.39 is 15.9 Å². The summed E-state index contributed by atoms with van der Waals surface area (Å²) in [6.45, 7) is 0.207. The van der Waals surface area contributed by atoms with E-state index in [0.29, 0.717) is 32.2 Å². The van der Waals surface area contributed by atoms with Crippen molar-refractivity contribution in [3.05, 3.63) is 35.3 Å². The third kappa shape index (κ3) is 8.52. The summed E-state index contributed by atoms with van der Waals surface area (Å²) in [6, 6.07) is 0. The first-order chi connectivity index (χ1) is 11.4. The summed E-state index contributed by atoms with van der Waals surface area (Å²) >= 11 is 0. The Labute approximate surface area is 142 Å². The molecule has 1 aliphatic carbocycles. The molecule has 2 amide bonds. The van der Waals surface area contributed by atoms with Crippen molar-refractivity contribution in [3.8, 4) is 0 Å². The molecule has 0 aromatic carbocycles. The maximum absolute atomic E-state index is 12.1. The first kappa shape index (κ1) is 20.0. The van der Waals surface area contributed by atoms with Crippen LogP contribution in [0.1, 0.15) is 32.1 Å². The van der Waals surface area contributed by atoms with Crippen LogP contribution in [0.15, 0.2) is 35.3 Å². The number of amides is 2. The van der Waals surface area contributed by atoms with E-state index in [1.807, 2.05) is 6.08 Å². The first-order valence-electron chi connectivity index (χ1n) is 7.87. The van der Waals surface area contributed by atoms with Gasteiger partial charge in [0.25, 0.3) is 0 Å². The molecule has 0 bridgehead atoms. The highest BCUT2D eigenvalue weighted by Gasteiger charge is 2.16. The number of allylic oxidation sites excluding steroid dienone is 5. The molecule has 1 aliphatic rings. The third-order valence-electron chi connectivity index (χ3n) is 3.28. The normalized spacial score (nSPS) is 13.9. The molecule has 0 heterocycles. The van der Waals surface area contributed by atoms with E-state index in [0.717, 1.165) is 6.42 Å². The third-order valence-corrected chi connectivity index (χ3v) is 5.00. The minimum Gasteiger partial charge on any atom is -0.448 e. The predicted octanol–water partition coefficient (Wildman–Crippen LogP) is 1.57. The highest BCUT2D eigenvalue weighted by Crippen LogP contribution is 2.13. The number of alkyl carbamates (subject to hydrolysis) is 1. The van der Waals surface area contributed by atoms with E-state index >= 15 is 0 Å². The summed E-state index contributed by atoms with van der Waals surface area (Å²) in [7, 11) is -3.46. The zero-order valence-corrected chi connectivity index (χ0v) is 14.4. The van der Waals surface area contributed by atoms with Crippen LogP contribution < -0.4 is 11.1 Å². The Hall–Kier alpha value is -2.09. The van der Waals surface area contributed by atoms with Crippen molar-refractivity contribution < 1.29 is 22.7 Å². The number of hydrogen-bond donors (Lipinski definition) is 2. The van der Waals surface area contributed by atoms with Gasteiger partial charge in [-0.25, -0.2) is 13.2 Å². The van der Waals surface area contributed by atoms with Crippen LogP contribution in [-0.4, -0.2) is 39.3 Å². The molecular weight excluding hydrogens is 332 g/mol. The average molecular weight is 356 g/mol. The molecule has 0 unspecified atom stereocenters. The van der Waals surface area contributed by atoms with Gasteiger partial charge in [-0.3, -0.25) is 4.79 Å². The molecular formula is C16H24N2O5S. The molecule has 0 saturated carbocycles. The molecule has 0 aliphatic heterocycles. The van der Waals surface area contributed by atoms with Gasteiger partial charge < -0.3 is 15.8 Å². The van der Waals surface area contributed by atoms with Crippen LogP contribution in [0.5, 0.6) is 0 Å². The lowest BCUT2D eigenvalue weighted by Crippen LogP contribution is -2.27. The van der Waals surface area contributed by atoms with E-state index in [1.165, 1.54) is 6.08 Å². The Kier molecular flexibility index (Phi) is 8.85. The second kappa shape index (κ2) is 10.6. The van der Waals surface area contributed by atoms with E-state index in [-0.39, 0.29) is 23.2 Å². The number of carbonyl (C=O) groups excluding carboxylic acids is 2. The molecule has 3 N–H and O–H groups in total. The topological polar surface area (TPSA) is 116 Å². The Morgan fingerprint density at radius 3 is 2.75 bits per heavy atom. The fourth-order valence-corrected chi connectivity index (χ4v) is 3.17. The predicted molar refractivity (Wildman–Crippen MR) is 91.8 cm³/mol. The maximum atomic E-state index is 12.1. The van der Waals surface area contributed by atoms with Gasteiger partial charge in [-0.15, -0.1) is 0 Å². The Bertz CT molecular complexity index is 620. The molecule has 0 atom stereocenters. The van der Waals surface area contributed by atoms with E-state index in [1.54, 1.807) is 18.2 Å². The molecule has 7 nitrogen and oxygen atoms in total. The molecule has 0 aromatic rings. The van der Waals surface area contributed by atoms with Gasteiger partial charge in [-0.1, -0.05) is 30.7 Å². The zero-order valence-electron chi connectivity index (χ0n) is 13.6. The van der Waals surface area contributed by atoms with Gasteiger partial charge in [0.15, 0.2) is 9.84 Å². The van der Waals surface area contributed by atoms with Gasteiger partial charge >= 0.3 is 6.09 Å². The monoisotopic (exact) mass is 356 g/mol. The van der Waals surface area contributed by atoms with E-state index in [9.17, 15) is 18.0 Å². The number of nitrogens with one attached hydrogen (secondary N) is 1. The summed E-state index contributed by atoms with van der Waals surface area (Å²) < 4.78 is 29.1. The number of nitrogens with two attached hydrogens (primary N) is 1. The van der Waals surface area contributed by atoms with Crippen LogP contribution in [-0.2, 0) is 19.4 Å². The van der Waals surface area contributed by atoms with Crippen LogP contribution in [0.3, 0.4) is 0 Å². The average Bonchev–Trinajstić information content (AvgIpc) is 2.80. The highest BCUT2D eigenvalue weighted by molar-refractivity contribution is 7.95. The minimum atomic E-state index is -3.46. The fraction of sp³-hybridized carbons (Fsp3) is 0.500. The fourth-order valence-electron chi connectivity index (χ4n) is 1.99. The number of ether oxygens (including phenoxy) is 1.